The SMILES string of the molecule is COc1cc(-c2cn(C)c(=O)c3cnc(N4CCC4)cc23)cc(OC)c1CN1CCC(N2CCN(c3ccc4c(c3)CN(C3CCC(=O)NC3=O)C4=O)CC2)CC1. The molecule has 2 aromatic carbocycles. The molecule has 1 N–H and O–H groups in total. The summed E-state index contributed by atoms with van der Waals surface area (Å²) >= 11 is 0. The lowest BCUT2D eigenvalue weighted by atomic mass is 9.97. The lowest BCUT2D eigenvalue weighted by Gasteiger charge is -2.43. The average Bonchev–Trinajstić information content (AvgIpc) is 3.53. The van der Waals surface area contributed by atoms with Gasteiger partial charge in [-0.15, -0.1) is 0 Å². The maximum Gasteiger partial charge on any atom is 0.259 e. The smallest absolute Gasteiger partial charge is 0.259 e. The van der Waals surface area contributed by atoms with Gasteiger partial charge in [-0.2, -0.15) is 0 Å². The Labute approximate surface area is 331 Å². The Morgan fingerprint density at radius 2 is 1.54 bits per heavy atom. The summed E-state index contributed by atoms with van der Waals surface area (Å²) in [5.41, 5.74) is 5.49. The molecule has 7 heterocycles. The number of likely N-dealkylation sites (tertiary alicyclic amines) is 1. The van der Waals surface area contributed by atoms with Crippen LogP contribution >= 0.6 is 0 Å². The number of pyridine rings is 2. The molecular weight excluding hydrogens is 725 g/mol. The molecular formula is C43H50N8O6. The van der Waals surface area contributed by atoms with Gasteiger partial charge in [0.2, 0.25) is 11.8 Å². The van der Waals surface area contributed by atoms with Crippen molar-refractivity contribution in [3.8, 4) is 22.6 Å². The highest BCUT2D eigenvalue weighted by Gasteiger charge is 2.39. The number of fused-ring (bicyclic) bond motifs is 2. The molecule has 14 nitrogen and oxygen atoms in total. The molecule has 4 saturated heterocycles. The minimum absolute atomic E-state index is 0.0725. The summed E-state index contributed by atoms with van der Waals surface area (Å²) in [5, 5.41) is 3.84. The second-order valence-corrected chi connectivity index (χ2v) is 16.0. The molecule has 9 rings (SSSR count). The van der Waals surface area contributed by atoms with Crippen molar-refractivity contribution in [1.82, 2.24) is 29.6 Å². The van der Waals surface area contributed by atoms with Gasteiger partial charge in [0.1, 0.15) is 23.4 Å². The Bertz CT molecular complexity index is 2280. The first-order valence-electron chi connectivity index (χ1n) is 20.2. The number of piperidine rings is 2. The van der Waals surface area contributed by atoms with Crippen LogP contribution in [0.25, 0.3) is 21.9 Å². The number of hydrogen-bond donors (Lipinski definition) is 1. The molecule has 0 spiro atoms. The molecule has 4 aromatic rings. The van der Waals surface area contributed by atoms with Crippen LogP contribution in [0, 0.1) is 0 Å². The Morgan fingerprint density at radius 3 is 2.21 bits per heavy atom. The number of aryl methyl sites for hydroxylation is 1. The number of rotatable bonds is 9. The first-order chi connectivity index (χ1) is 27.7. The molecule has 14 heteroatoms. The monoisotopic (exact) mass is 774 g/mol. The van der Waals surface area contributed by atoms with E-state index in [2.05, 4.69) is 48.1 Å². The highest BCUT2D eigenvalue weighted by Crippen LogP contribution is 2.39. The minimum atomic E-state index is -0.605. The van der Waals surface area contributed by atoms with Crippen LogP contribution in [-0.4, -0.2) is 121 Å². The third-order valence-corrected chi connectivity index (χ3v) is 12.8. The normalized spacial score (nSPS) is 20.9. The lowest BCUT2D eigenvalue weighted by molar-refractivity contribution is -0.136. The number of carbonyl (C=O) groups excluding carboxylic acids is 3. The summed E-state index contributed by atoms with van der Waals surface area (Å²) in [6.07, 6.45) is 7.53. The van der Waals surface area contributed by atoms with Crippen LogP contribution in [-0.2, 0) is 29.7 Å². The van der Waals surface area contributed by atoms with Crippen LogP contribution in [0.15, 0.2) is 53.6 Å². The highest BCUT2D eigenvalue weighted by molar-refractivity contribution is 6.05. The lowest BCUT2D eigenvalue weighted by Crippen LogP contribution is -2.53. The number of imide groups is 1. The molecule has 298 valence electrons. The predicted octanol–water partition coefficient (Wildman–Crippen LogP) is 3.38. The predicted molar refractivity (Wildman–Crippen MR) is 217 cm³/mol. The maximum atomic E-state index is 13.2. The van der Waals surface area contributed by atoms with Crippen molar-refractivity contribution in [1.29, 1.82) is 0 Å². The zero-order chi connectivity index (χ0) is 39.4. The molecule has 0 saturated carbocycles. The van der Waals surface area contributed by atoms with Gasteiger partial charge in [0.15, 0.2) is 0 Å². The fraction of sp³-hybridized carbons (Fsp3) is 0.465. The number of piperazine rings is 1. The van der Waals surface area contributed by atoms with Crippen molar-refractivity contribution in [2.45, 2.75) is 57.3 Å². The zero-order valence-corrected chi connectivity index (χ0v) is 33.0. The van der Waals surface area contributed by atoms with Crippen molar-refractivity contribution in [3.63, 3.8) is 0 Å². The van der Waals surface area contributed by atoms with E-state index in [1.165, 1.54) is 0 Å². The number of ether oxygens (including phenoxy) is 2. The fourth-order valence-electron chi connectivity index (χ4n) is 9.36. The molecule has 2 aromatic heterocycles. The van der Waals surface area contributed by atoms with Gasteiger partial charge in [-0.05, 0) is 86.3 Å². The molecule has 4 fully saturated rings. The fourth-order valence-corrected chi connectivity index (χ4v) is 9.36. The van der Waals surface area contributed by atoms with Crippen molar-refractivity contribution in [2.24, 2.45) is 7.05 Å². The minimum Gasteiger partial charge on any atom is -0.496 e. The van der Waals surface area contributed by atoms with E-state index in [1.807, 2.05) is 24.4 Å². The number of methoxy groups -OCH3 is 2. The van der Waals surface area contributed by atoms with E-state index in [4.69, 9.17) is 9.47 Å². The third-order valence-electron chi connectivity index (χ3n) is 12.8. The van der Waals surface area contributed by atoms with E-state index in [0.717, 1.165) is 122 Å². The largest absolute Gasteiger partial charge is 0.496 e. The van der Waals surface area contributed by atoms with Crippen molar-refractivity contribution in [3.05, 3.63) is 75.8 Å². The van der Waals surface area contributed by atoms with E-state index >= 15 is 0 Å². The number of nitrogens with zero attached hydrogens (tertiary/aromatic N) is 7. The number of nitrogens with one attached hydrogen (secondary N) is 1. The summed E-state index contributed by atoms with van der Waals surface area (Å²) in [5.74, 6) is 1.62. The first kappa shape index (κ1) is 37.1. The van der Waals surface area contributed by atoms with Gasteiger partial charge in [0.05, 0.1) is 25.2 Å². The third kappa shape index (κ3) is 6.88. The molecule has 3 amide bonds. The van der Waals surface area contributed by atoms with Gasteiger partial charge >= 0.3 is 0 Å². The van der Waals surface area contributed by atoms with Crippen LogP contribution in [0.1, 0.15) is 53.6 Å². The van der Waals surface area contributed by atoms with Crippen molar-refractivity contribution >= 4 is 40.0 Å². The topological polar surface area (TPSA) is 133 Å². The molecule has 5 aliphatic heterocycles. The van der Waals surface area contributed by atoms with Crippen LogP contribution < -0.4 is 30.1 Å². The Hall–Kier alpha value is -5.47. The number of hydrogen-bond acceptors (Lipinski definition) is 11. The molecule has 0 radical (unpaired) electrons. The van der Waals surface area contributed by atoms with Crippen LogP contribution in [0.3, 0.4) is 0 Å². The standard InChI is InChI=1S/C43H50N8O6/c1-46-25-34(32-22-39(50-11-4-12-50)44-23-33(32)42(46)54)27-20-37(56-2)35(38(21-27)57-3)26-47-13-9-29(10-14-47)48-15-17-49(18-16-48)30-5-6-31-28(19-30)24-51(43(31)55)36-7-8-40(52)45-41(36)53/h5-6,19-23,25,29,36H,4,7-18,24,26H2,1-3H3,(H,45,52,53). The average molecular weight is 775 g/mol. The Kier molecular flexibility index (Phi) is 9.85. The molecule has 0 aliphatic carbocycles. The Balaban J connectivity index is 0.833. The number of aromatic nitrogens is 2. The van der Waals surface area contributed by atoms with Gasteiger partial charge in [-0.1, -0.05) is 0 Å². The van der Waals surface area contributed by atoms with E-state index in [9.17, 15) is 19.2 Å². The van der Waals surface area contributed by atoms with E-state index in [1.54, 1.807) is 36.9 Å². The van der Waals surface area contributed by atoms with Crippen molar-refractivity contribution < 1.29 is 23.9 Å². The molecule has 0 bridgehead atoms. The quantitative estimate of drug-likeness (QED) is 0.251. The number of anilines is 2. The number of carbonyl (C=O) groups is 3. The maximum absolute atomic E-state index is 13.2. The molecule has 1 unspecified atom stereocenters. The second-order valence-electron chi connectivity index (χ2n) is 16.0. The van der Waals surface area contributed by atoms with Crippen molar-refractivity contribution in [2.75, 3.05) is 76.4 Å². The summed E-state index contributed by atoms with van der Waals surface area (Å²) in [7, 11) is 5.19. The summed E-state index contributed by atoms with van der Waals surface area (Å²) in [4.78, 5) is 66.4. The van der Waals surface area contributed by atoms with Gasteiger partial charge in [-0.3, -0.25) is 34.3 Å². The summed E-state index contributed by atoms with van der Waals surface area (Å²) < 4.78 is 13.7. The van der Waals surface area contributed by atoms with E-state index in [0.29, 0.717) is 36.5 Å². The van der Waals surface area contributed by atoms with Crippen LogP contribution in [0.5, 0.6) is 11.5 Å². The second kappa shape index (κ2) is 15.1. The highest BCUT2D eigenvalue weighted by atomic mass is 16.5. The first-order valence-corrected chi connectivity index (χ1v) is 20.2. The molecule has 1 atom stereocenters. The summed E-state index contributed by atoms with van der Waals surface area (Å²) in [6.45, 7) is 8.75. The van der Waals surface area contributed by atoms with E-state index in [-0.39, 0.29) is 29.7 Å². The molecule has 57 heavy (non-hydrogen) atoms. The number of benzene rings is 2. The van der Waals surface area contributed by atoms with Gasteiger partial charge in [-0.25, -0.2) is 4.98 Å². The van der Waals surface area contributed by atoms with E-state index < -0.39 is 6.04 Å². The summed E-state index contributed by atoms with van der Waals surface area (Å²) in [6, 6.07) is 12.1. The van der Waals surface area contributed by atoms with Crippen LogP contribution in [0.2, 0.25) is 0 Å². The Morgan fingerprint density at radius 1 is 0.807 bits per heavy atom. The molecule has 5 aliphatic rings. The van der Waals surface area contributed by atoms with Gasteiger partial charge < -0.3 is 28.7 Å². The van der Waals surface area contributed by atoms with Gasteiger partial charge in [0, 0.05) is 106 Å². The van der Waals surface area contributed by atoms with Gasteiger partial charge in [0.25, 0.3) is 11.5 Å². The number of amides is 3. The zero-order valence-electron chi connectivity index (χ0n) is 33.0. The van der Waals surface area contributed by atoms with Crippen LogP contribution in [0.4, 0.5) is 11.5 Å².